The normalized spacial score (nSPS) is 12.3. The number of thioether (sulfide) groups is 1. The van der Waals surface area contributed by atoms with Gasteiger partial charge in [-0.2, -0.15) is 5.10 Å². The first kappa shape index (κ1) is 16.6. The van der Waals surface area contributed by atoms with Gasteiger partial charge in [0.05, 0.1) is 22.3 Å². The minimum Gasteiger partial charge on any atom is -0.322 e. The van der Waals surface area contributed by atoms with Crippen molar-refractivity contribution in [2.45, 2.75) is 30.9 Å². The van der Waals surface area contributed by atoms with Gasteiger partial charge in [-0.3, -0.25) is 9.48 Å². The van der Waals surface area contributed by atoms with E-state index in [0.29, 0.717) is 0 Å². The molecule has 0 fully saturated rings. The highest BCUT2D eigenvalue weighted by molar-refractivity contribution is 8.00. The van der Waals surface area contributed by atoms with Crippen molar-refractivity contribution < 1.29 is 4.79 Å². The fourth-order valence-corrected chi connectivity index (χ4v) is 3.59. The molecular weight excluding hydrogens is 318 g/mol. The summed E-state index contributed by atoms with van der Waals surface area (Å²) in [6.07, 6.45) is 0. The van der Waals surface area contributed by atoms with Gasteiger partial charge < -0.3 is 5.32 Å². The molecule has 0 saturated carbocycles. The molecule has 1 N–H and O–H groups in total. The predicted molar refractivity (Wildman–Crippen MR) is 101 cm³/mol. The largest absolute Gasteiger partial charge is 0.322 e. The van der Waals surface area contributed by atoms with Crippen LogP contribution in [0.25, 0.3) is 10.8 Å². The molecule has 2 aromatic carbocycles. The molecule has 1 atom stereocenters. The molecule has 0 aliphatic heterocycles. The van der Waals surface area contributed by atoms with Crippen molar-refractivity contribution in [3.63, 3.8) is 0 Å². The molecule has 1 amide bonds. The topological polar surface area (TPSA) is 46.9 Å². The molecule has 124 valence electrons. The first-order valence-corrected chi connectivity index (χ1v) is 8.80. The summed E-state index contributed by atoms with van der Waals surface area (Å²) in [5.74, 6) is -0.00708. The Morgan fingerprint density at radius 2 is 1.88 bits per heavy atom. The maximum Gasteiger partial charge on any atom is 0.237 e. The van der Waals surface area contributed by atoms with Crippen molar-refractivity contribution in [3.8, 4) is 0 Å². The number of carbonyl (C=O) groups excluding carboxylic acids is 1. The van der Waals surface area contributed by atoms with Crippen molar-refractivity contribution in [2.75, 3.05) is 5.32 Å². The number of anilines is 1. The van der Waals surface area contributed by atoms with Crippen LogP contribution in [0, 0.1) is 13.8 Å². The van der Waals surface area contributed by atoms with Crippen molar-refractivity contribution in [1.29, 1.82) is 0 Å². The Morgan fingerprint density at radius 3 is 2.54 bits per heavy atom. The molecule has 0 unspecified atom stereocenters. The van der Waals surface area contributed by atoms with E-state index in [1.165, 1.54) is 10.8 Å². The molecule has 24 heavy (non-hydrogen) atoms. The number of aromatic nitrogens is 2. The second-order valence-corrected chi connectivity index (χ2v) is 7.34. The summed E-state index contributed by atoms with van der Waals surface area (Å²) in [6.45, 7) is 5.79. The number of benzene rings is 2. The average molecular weight is 339 g/mol. The highest BCUT2D eigenvalue weighted by Gasteiger charge is 2.18. The van der Waals surface area contributed by atoms with E-state index in [0.717, 1.165) is 22.0 Å². The number of amides is 1. The Hall–Kier alpha value is -2.27. The van der Waals surface area contributed by atoms with E-state index in [4.69, 9.17) is 0 Å². The summed E-state index contributed by atoms with van der Waals surface area (Å²) >= 11 is 1.57. The molecule has 0 spiro atoms. The van der Waals surface area contributed by atoms with E-state index in [1.54, 1.807) is 16.4 Å². The number of nitrogens with one attached hydrogen (secondary N) is 1. The summed E-state index contributed by atoms with van der Waals surface area (Å²) in [7, 11) is 1.88. The number of nitrogens with zero attached hydrogens (tertiary/aromatic N) is 2. The second-order valence-electron chi connectivity index (χ2n) is 5.93. The van der Waals surface area contributed by atoms with Gasteiger partial charge in [0.15, 0.2) is 0 Å². The Labute approximate surface area is 146 Å². The van der Waals surface area contributed by atoms with Gasteiger partial charge in [-0.15, -0.1) is 11.8 Å². The fraction of sp³-hybridized carbons (Fsp3) is 0.263. The molecule has 3 aromatic rings. The zero-order valence-corrected chi connectivity index (χ0v) is 15.1. The number of fused-ring (bicyclic) bond motifs is 1. The lowest BCUT2D eigenvalue weighted by atomic mass is 10.1. The van der Waals surface area contributed by atoms with Crippen molar-refractivity contribution >= 4 is 34.1 Å². The molecule has 0 saturated heterocycles. The smallest absolute Gasteiger partial charge is 0.237 e. The number of hydrogen-bond donors (Lipinski definition) is 1. The number of carbonyl (C=O) groups is 1. The minimum atomic E-state index is -0.190. The van der Waals surface area contributed by atoms with E-state index in [-0.39, 0.29) is 11.2 Å². The van der Waals surface area contributed by atoms with Gasteiger partial charge in [0.1, 0.15) is 0 Å². The Balaban J connectivity index is 1.73. The van der Waals surface area contributed by atoms with Crippen molar-refractivity contribution in [2.24, 2.45) is 7.05 Å². The van der Waals surface area contributed by atoms with E-state index in [9.17, 15) is 4.79 Å². The molecule has 1 aromatic heterocycles. The van der Waals surface area contributed by atoms with Crippen molar-refractivity contribution in [3.05, 3.63) is 53.9 Å². The van der Waals surface area contributed by atoms with Crippen LogP contribution in [0.4, 0.5) is 5.69 Å². The third-order valence-corrected chi connectivity index (χ3v) is 5.25. The number of aryl methyl sites for hydroxylation is 2. The summed E-state index contributed by atoms with van der Waals surface area (Å²) in [4.78, 5) is 13.6. The van der Waals surface area contributed by atoms with E-state index < -0.39 is 0 Å². The Bertz CT molecular complexity index is 901. The third-order valence-electron chi connectivity index (χ3n) is 4.16. The SMILES string of the molecule is Cc1nn(C)c(C)c1NC(=O)[C@@H](C)Sc1ccc2ccccc2c1. The molecule has 1 heterocycles. The molecule has 0 radical (unpaired) electrons. The first-order chi connectivity index (χ1) is 11.5. The van der Waals surface area contributed by atoms with E-state index >= 15 is 0 Å². The van der Waals surface area contributed by atoms with E-state index in [2.05, 4.69) is 40.7 Å². The van der Waals surface area contributed by atoms with Crippen molar-refractivity contribution in [1.82, 2.24) is 9.78 Å². The summed E-state index contributed by atoms with van der Waals surface area (Å²) < 4.78 is 1.78. The van der Waals surface area contributed by atoms with Gasteiger partial charge in [-0.1, -0.05) is 30.3 Å². The summed E-state index contributed by atoms with van der Waals surface area (Å²) in [6, 6.07) is 14.5. The fourth-order valence-electron chi connectivity index (χ4n) is 2.68. The van der Waals surface area contributed by atoms with Gasteiger partial charge in [0.25, 0.3) is 0 Å². The van der Waals surface area contributed by atoms with Crippen LogP contribution in [0.15, 0.2) is 47.4 Å². The van der Waals surface area contributed by atoms with Gasteiger partial charge in [0.2, 0.25) is 5.91 Å². The van der Waals surface area contributed by atoms with Crippen LogP contribution in [-0.2, 0) is 11.8 Å². The average Bonchev–Trinajstić information content (AvgIpc) is 2.81. The van der Waals surface area contributed by atoms with Gasteiger partial charge in [-0.05, 0) is 43.7 Å². The molecule has 0 aliphatic rings. The first-order valence-electron chi connectivity index (χ1n) is 7.92. The lowest BCUT2D eigenvalue weighted by Gasteiger charge is -2.13. The monoisotopic (exact) mass is 339 g/mol. The van der Waals surface area contributed by atoms with Gasteiger partial charge in [0, 0.05) is 11.9 Å². The highest BCUT2D eigenvalue weighted by atomic mass is 32.2. The maximum atomic E-state index is 12.5. The molecule has 5 heteroatoms. The van der Waals surface area contributed by atoms with Gasteiger partial charge >= 0.3 is 0 Å². The minimum absolute atomic E-state index is 0.00708. The second kappa shape index (κ2) is 6.69. The zero-order chi connectivity index (χ0) is 17.3. The highest BCUT2D eigenvalue weighted by Crippen LogP contribution is 2.28. The molecule has 4 nitrogen and oxygen atoms in total. The van der Waals surface area contributed by atoms with Crippen LogP contribution in [0.3, 0.4) is 0 Å². The lowest BCUT2D eigenvalue weighted by Crippen LogP contribution is -2.23. The van der Waals surface area contributed by atoms with Crippen LogP contribution in [-0.4, -0.2) is 20.9 Å². The number of hydrogen-bond acceptors (Lipinski definition) is 3. The third kappa shape index (κ3) is 3.31. The molecule has 0 bridgehead atoms. The predicted octanol–water partition coefficient (Wildman–Crippen LogP) is 4.31. The number of rotatable bonds is 4. The Kier molecular flexibility index (Phi) is 4.62. The van der Waals surface area contributed by atoms with Crippen LogP contribution >= 0.6 is 11.8 Å². The van der Waals surface area contributed by atoms with Crippen LogP contribution < -0.4 is 5.32 Å². The van der Waals surface area contributed by atoms with Crippen LogP contribution in [0.5, 0.6) is 0 Å². The van der Waals surface area contributed by atoms with E-state index in [1.807, 2.05) is 40.0 Å². The maximum absolute atomic E-state index is 12.5. The van der Waals surface area contributed by atoms with Crippen LogP contribution in [0.2, 0.25) is 0 Å². The van der Waals surface area contributed by atoms with Crippen LogP contribution in [0.1, 0.15) is 18.3 Å². The zero-order valence-electron chi connectivity index (χ0n) is 14.3. The summed E-state index contributed by atoms with van der Waals surface area (Å²) in [5, 5.41) is 9.56. The standard InChI is InChI=1S/C19H21N3OS/c1-12-18(13(2)22(4)21-12)20-19(23)14(3)24-17-10-9-15-7-5-6-8-16(15)11-17/h5-11,14H,1-4H3,(H,20,23)/t14-/m1/s1. The van der Waals surface area contributed by atoms with Gasteiger partial charge in [-0.25, -0.2) is 0 Å². The lowest BCUT2D eigenvalue weighted by molar-refractivity contribution is -0.115. The quantitative estimate of drug-likeness (QED) is 0.721. The Morgan fingerprint density at radius 1 is 1.17 bits per heavy atom. The molecule has 3 rings (SSSR count). The molecular formula is C19H21N3OS. The molecule has 0 aliphatic carbocycles. The summed E-state index contributed by atoms with van der Waals surface area (Å²) in [5.41, 5.74) is 2.61.